The number of carbonyl (C=O) groups is 1. The van der Waals surface area contributed by atoms with Crippen molar-refractivity contribution < 1.29 is 22.3 Å². The number of nitrogen functional groups attached to an aromatic ring is 1. The van der Waals surface area contributed by atoms with E-state index < -0.39 is 21.6 Å². The van der Waals surface area contributed by atoms with Crippen LogP contribution in [0.1, 0.15) is 10.5 Å². The molecule has 0 spiro atoms. The van der Waals surface area contributed by atoms with Crippen LogP contribution in [-0.4, -0.2) is 32.7 Å². The van der Waals surface area contributed by atoms with Crippen LogP contribution in [0.2, 0.25) is 0 Å². The predicted octanol–water partition coefficient (Wildman–Crippen LogP) is 2.08. The number of esters is 1. The van der Waals surface area contributed by atoms with Crippen LogP contribution in [0.3, 0.4) is 0 Å². The number of anilines is 1. The molecule has 0 aliphatic heterocycles. The van der Waals surface area contributed by atoms with Crippen molar-refractivity contribution in [3.8, 4) is 0 Å². The Bertz CT molecular complexity index is 813. The van der Waals surface area contributed by atoms with Crippen molar-refractivity contribution in [1.29, 1.82) is 0 Å². The van der Waals surface area contributed by atoms with E-state index in [9.17, 15) is 17.6 Å². The molecule has 0 radical (unpaired) electrons. The summed E-state index contributed by atoms with van der Waals surface area (Å²) in [7, 11) is -2.84. The number of nitrogens with one attached hydrogen (secondary N) is 1. The molecule has 0 aliphatic rings. The molecule has 0 bridgehead atoms. The third-order valence-electron chi connectivity index (χ3n) is 2.95. The zero-order valence-corrected chi connectivity index (χ0v) is 13.3. The molecule has 3 N–H and O–H groups in total. The molecule has 0 unspecified atom stereocenters. The van der Waals surface area contributed by atoms with Gasteiger partial charge < -0.3 is 15.5 Å². The van der Waals surface area contributed by atoms with Gasteiger partial charge in [0.15, 0.2) is 5.69 Å². The summed E-state index contributed by atoms with van der Waals surface area (Å²) in [4.78, 5) is 13.9. The summed E-state index contributed by atoms with van der Waals surface area (Å²) in [6.07, 6.45) is 1.63. The van der Waals surface area contributed by atoms with Gasteiger partial charge in [-0.3, -0.25) is 0 Å². The number of methoxy groups -OCH3 is 1. The number of halogens is 1. The first-order valence-electron chi connectivity index (χ1n) is 5.97. The van der Waals surface area contributed by atoms with Crippen LogP contribution in [0.4, 0.5) is 10.1 Å². The van der Waals surface area contributed by atoms with Crippen LogP contribution in [-0.2, 0) is 14.6 Å². The van der Waals surface area contributed by atoms with E-state index >= 15 is 0 Å². The van der Waals surface area contributed by atoms with Gasteiger partial charge in [-0.15, -0.1) is 11.8 Å². The first kappa shape index (κ1) is 16.4. The number of benzene rings is 1. The molecule has 2 rings (SSSR count). The highest BCUT2D eigenvalue weighted by molar-refractivity contribution is 7.99. The number of thioether (sulfide) groups is 1. The summed E-state index contributed by atoms with van der Waals surface area (Å²) < 4.78 is 42.9. The van der Waals surface area contributed by atoms with Gasteiger partial charge in [0, 0.05) is 0 Å². The molecule has 22 heavy (non-hydrogen) atoms. The molecule has 0 aliphatic carbocycles. The molecule has 0 saturated carbocycles. The fourth-order valence-corrected chi connectivity index (χ4v) is 4.37. The molecular weight excluding hydrogens is 331 g/mol. The van der Waals surface area contributed by atoms with Gasteiger partial charge in [0.25, 0.3) is 0 Å². The molecule has 0 saturated heterocycles. The maximum absolute atomic E-state index is 13.0. The number of H-pyrrole nitrogens is 1. The standard InChI is InChI=1S/C13H13FN2O4S2/c1-20-13(17)10-9(15)11(12(16-10)21-2)22(18,19)8-5-3-7(14)4-6-8/h3-6,16H,15H2,1-2H3. The van der Waals surface area contributed by atoms with E-state index in [4.69, 9.17) is 5.73 Å². The Balaban J connectivity index is 2.67. The monoisotopic (exact) mass is 344 g/mol. The molecule has 2 aromatic rings. The molecule has 0 atom stereocenters. The number of carbonyl (C=O) groups excluding carboxylic acids is 1. The smallest absolute Gasteiger partial charge is 0.356 e. The zero-order chi connectivity index (χ0) is 16.5. The second kappa shape index (κ2) is 6.01. The second-order valence-corrected chi connectivity index (χ2v) is 6.93. The molecule has 0 fully saturated rings. The van der Waals surface area contributed by atoms with Crippen LogP contribution in [0.15, 0.2) is 39.1 Å². The third-order valence-corrected chi connectivity index (χ3v) is 5.64. The minimum Gasteiger partial charge on any atom is -0.464 e. The summed E-state index contributed by atoms with van der Waals surface area (Å²) in [6.45, 7) is 0. The first-order valence-corrected chi connectivity index (χ1v) is 8.68. The van der Waals surface area contributed by atoms with Gasteiger partial charge in [0.05, 0.1) is 22.7 Å². The van der Waals surface area contributed by atoms with E-state index in [1.54, 1.807) is 6.26 Å². The predicted molar refractivity (Wildman–Crippen MR) is 80.2 cm³/mol. The Morgan fingerprint density at radius 3 is 2.41 bits per heavy atom. The first-order chi connectivity index (χ1) is 10.3. The lowest BCUT2D eigenvalue weighted by molar-refractivity contribution is 0.0595. The number of hydrogen-bond acceptors (Lipinski definition) is 6. The molecule has 6 nitrogen and oxygen atoms in total. The van der Waals surface area contributed by atoms with Gasteiger partial charge in [-0.05, 0) is 30.5 Å². The molecule has 1 heterocycles. The van der Waals surface area contributed by atoms with E-state index in [1.807, 2.05) is 0 Å². The lowest BCUT2D eigenvalue weighted by Gasteiger charge is -2.06. The van der Waals surface area contributed by atoms with Gasteiger partial charge >= 0.3 is 5.97 Å². The minimum atomic E-state index is -4.00. The van der Waals surface area contributed by atoms with Crippen molar-refractivity contribution in [1.82, 2.24) is 4.98 Å². The van der Waals surface area contributed by atoms with Crippen LogP contribution in [0.5, 0.6) is 0 Å². The molecule has 1 aromatic carbocycles. The minimum absolute atomic E-state index is 0.119. The quantitative estimate of drug-likeness (QED) is 0.500. The molecule has 0 amide bonds. The fourth-order valence-electron chi connectivity index (χ4n) is 1.88. The largest absolute Gasteiger partial charge is 0.464 e. The van der Waals surface area contributed by atoms with Crippen LogP contribution >= 0.6 is 11.8 Å². The SMILES string of the molecule is COC(=O)c1[nH]c(SC)c(S(=O)(=O)c2ccc(F)cc2)c1N. The van der Waals surface area contributed by atoms with Gasteiger partial charge in [-0.2, -0.15) is 0 Å². The van der Waals surface area contributed by atoms with E-state index in [2.05, 4.69) is 9.72 Å². The van der Waals surface area contributed by atoms with Gasteiger partial charge in [-0.25, -0.2) is 17.6 Å². The maximum Gasteiger partial charge on any atom is 0.356 e. The molecule has 1 aromatic heterocycles. The lowest BCUT2D eigenvalue weighted by Crippen LogP contribution is -2.08. The molecule has 9 heteroatoms. The number of sulfone groups is 1. The van der Waals surface area contributed by atoms with Crippen LogP contribution in [0.25, 0.3) is 0 Å². The van der Waals surface area contributed by atoms with Gasteiger partial charge in [-0.1, -0.05) is 0 Å². The van der Waals surface area contributed by atoms with Crippen molar-refractivity contribution in [3.63, 3.8) is 0 Å². The Morgan fingerprint density at radius 2 is 1.91 bits per heavy atom. The highest BCUT2D eigenvalue weighted by Gasteiger charge is 2.30. The number of ether oxygens (including phenoxy) is 1. The van der Waals surface area contributed by atoms with Gasteiger partial charge in [0.1, 0.15) is 10.7 Å². The summed E-state index contributed by atoms with van der Waals surface area (Å²) in [5.74, 6) is -1.32. The van der Waals surface area contributed by atoms with Crippen molar-refractivity contribution in [2.24, 2.45) is 0 Å². The Kier molecular flexibility index (Phi) is 4.47. The summed E-state index contributed by atoms with van der Waals surface area (Å²) in [5, 5.41) is 0.210. The number of nitrogens with two attached hydrogens (primary N) is 1. The van der Waals surface area contributed by atoms with Crippen molar-refractivity contribution in [2.75, 3.05) is 19.1 Å². The number of aromatic nitrogens is 1. The Hall–Kier alpha value is -2.00. The van der Waals surface area contributed by atoms with Gasteiger partial charge in [0.2, 0.25) is 9.84 Å². The highest BCUT2D eigenvalue weighted by atomic mass is 32.2. The maximum atomic E-state index is 13.0. The van der Waals surface area contributed by atoms with Crippen molar-refractivity contribution in [3.05, 3.63) is 35.8 Å². The fraction of sp³-hybridized carbons (Fsp3) is 0.154. The van der Waals surface area contributed by atoms with Crippen molar-refractivity contribution in [2.45, 2.75) is 14.8 Å². The zero-order valence-electron chi connectivity index (χ0n) is 11.7. The van der Waals surface area contributed by atoms with Crippen LogP contribution < -0.4 is 5.73 Å². The molecule has 118 valence electrons. The van der Waals surface area contributed by atoms with E-state index in [1.165, 1.54) is 0 Å². The summed E-state index contributed by atoms with van der Waals surface area (Å²) in [5.41, 5.74) is 5.46. The lowest BCUT2D eigenvalue weighted by atomic mass is 10.3. The number of hydrogen-bond donors (Lipinski definition) is 2. The second-order valence-electron chi connectivity index (χ2n) is 4.22. The van der Waals surface area contributed by atoms with E-state index in [-0.39, 0.29) is 26.2 Å². The molecular formula is C13H13FN2O4S2. The van der Waals surface area contributed by atoms with Crippen LogP contribution in [0, 0.1) is 5.82 Å². The highest BCUT2D eigenvalue weighted by Crippen LogP contribution is 2.36. The van der Waals surface area contributed by atoms with E-state index in [0.29, 0.717) is 0 Å². The number of aromatic amines is 1. The van der Waals surface area contributed by atoms with E-state index in [0.717, 1.165) is 43.1 Å². The topological polar surface area (TPSA) is 102 Å². The van der Waals surface area contributed by atoms with Crippen molar-refractivity contribution >= 4 is 33.3 Å². The summed E-state index contributed by atoms with van der Waals surface area (Å²) >= 11 is 1.09. The Labute approximate surface area is 130 Å². The number of rotatable bonds is 4. The average molecular weight is 344 g/mol. The third kappa shape index (κ3) is 2.69. The summed E-state index contributed by atoms with van der Waals surface area (Å²) in [6, 6.07) is 4.35. The average Bonchev–Trinajstić information content (AvgIpc) is 2.84. The Morgan fingerprint density at radius 1 is 1.32 bits per heavy atom. The normalized spacial score (nSPS) is 11.4.